The first kappa shape index (κ1) is 14.3. The predicted octanol–water partition coefficient (Wildman–Crippen LogP) is 2.61. The summed E-state index contributed by atoms with van der Waals surface area (Å²) >= 11 is 4.93. The van der Waals surface area contributed by atoms with Crippen LogP contribution in [0.5, 0.6) is 0 Å². The molecule has 3 nitrogen and oxygen atoms in total. The lowest BCUT2D eigenvalue weighted by molar-refractivity contribution is 0.0647. The van der Waals surface area contributed by atoms with Gasteiger partial charge >= 0.3 is 0 Å². The molecular weight excluding hydrogens is 336 g/mol. The SMILES string of the molecule is Cl.O=C(c1ccc(Br)s1)N1CCC2CNCC2C1. The second-order valence-corrected chi connectivity index (χ2v) is 7.29. The van der Waals surface area contributed by atoms with Gasteiger partial charge in [0.15, 0.2) is 0 Å². The molecule has 0 aliphatic carbocycles. The molecule has 1 N–H and O–H groups in total. The van der Waals surface area contributed by atoms with Crippen LogP contribution in [0.25, 0.3) is 0 Å². The van der Waals surface area contributed by atoms with Crippen molar-refractivity contribution in [1.29, 1.82) is 0 Å². The van der Waals surface area contributed by atoms with E-state index in [9.17, 15) is 4.79 Å². The van der Waals surface area contributed by atoms with E-state index in [0.29, 0.717) is 5.92 Å². The highest BCUT2D eigenvalue weighted by Crippen LogP contribution is 2.29. The molecule has 0 saturated carbocycles. The topological polar surface area (TPSA) is 32.3 Å². The van der Waals surface area contributed by atoms with Gasteiger partial charge in [-0.1, -0.05) is 0 Å². The molecule has 2 aliphatic heterocycles. The van der Waals surface area contributed by atoms with Gasteiger partial charge in [-0.25, -0.2) is 0 Å². The van der Waals surface area contributed by atoms with Crippen LogP contribution in [0.1, 0.15) is 16.1 Å². The van der Waals surface area contributed by atoms with Gasteiger partial charge in [0.25, 0.3) is 5.91 Å². The monoisotopic (exact) mass is 350 g/mol. The van der Waals surface area contributed by atoms with E-state index in [-0.39, 0.29) is 18.3 Å². The third kappa shape index (κ3) is 2.74. The Hall–Kier alpha value is -0.100. The van der Waals surface area contributed by atoms with Crippen molar-refractivity contribution in [3.8, 4) is 0 Å². The smallest absolute Gasteiger partial charge is 0.263 e. The summed E-state index contributed by atoms with van der Waals surface area (Å²) in [5.41, 5.74) is 0. The first-order valence-electron chi connectivity index (χ1n) is 5.99. The summed E-state index contributed by atoms with van der Waals surface area (Å²) in [4.78, 5) is 15.2. The molecule has 0 bridgehead atoms. The Balaban J connectivity index is 0.00000120. The zero-order valence-corrected chi connectivity index (χ0v) is 13.1. The molecular formula is C12H16BrClN2OS. The van der Waals surface area contributed by atoms with Gasteiger partial charge in [0.1, 0.15) is 0 Å². The summed E-state index contributed by atoms with van der Waals surface area (Å²) < 4.78 is 1.03. The van der Waals surface area contributed by atoms with Crippen LogP contribution in [0, 0.1) is 11.8 Å². The predicted molar refractivity (Wildman–Crippen MR) is 79.6 cm³/mol. The number of thiophene rings is 1. The molecule has 2 atom stereocenters. The van der Waals surface area contributed by atoms with Gasteiger partial charge in [-0.05, 0) is 59.4 Å². The van der Waals surface area contributed by atoms with Gasteiger partial charge in [-0.3, -0.25) is 4.79 Å². The zero-order valence-electron chi connectivity index (χ0n) is 9.89. The van der Waals surface area contributed by atoms with Gasteiger partial charge in [0.05, 0.1) is 8.66 Å². The highest BCUT2D eigenvalue weighted by atomic mass is 79.9. The zero-order chi connectivity index (χ0) is 11.8. The van der Waals surface area contributed by atoms with E-state index < -0.39 is 0 Å². The van der Waals surface area contributed by atoms with Crippen molar-refractivity contribution < 1.29 is 4.79 Å². The number of nitrogens with one attached hydrogen (secondary N) is 1. The lowest BCUT2D eigenvalue weighted by Gasteiger charge is -2.34. The number of carbonyl (C=O) groups excluding carboxylic acids is 1. The molecule has 100 valence electrons. The van der Waals surface area contributed by atoms with E-state index in [1.54, 1.807) is 0 Å². The van der Waals surface area contributed by atoms with Gasteiger partial charge < -0.3 is 10.2 Å². The number of rotatable bonds is 1. The number of halogens is 2. The number of hydrogen-bond donors (Lipinski definition) is 1. The third-order valence-electron chi connectivity index (χ3n) is 3.78. The van der Waals surface area contributed by atoms with Crippen LogP contribution in [0.2, 0.25) is 0 Å². The maximum absolute atomic E-state index is 12.3. The highest BCUT2D eigenvalue weighted by molar-refractivity contribution is 9.11. The van der Waals surface area contributed by atoms with E-state index in [0.717, 1.165) is 47.2 Å². The average molecular weight is 352 g/mol. The Kier molecular flexibility index (Phi) is 4.69. The van der Waals surface area contributed by atoms with Crippen molar-refractivity contribution in [2.24, 2.45) is 11.8 Å². The maximum atomic E-state index is 12.3. The molecule has 2 saturated heterocycles. The Morgan fingerprint density at radius 1 is 1.39 bits per heavy atom. The summed E-state index contributed by atoms with van der Waals surface area (Å²) in [5.74, 6) is 1.65. The van der Waals surface area contributed by atoms with Crippen molar-refractivity contribution in [1.82, 2.24) is 10.2 Å². The van der Waals surface area contributed by atoms with E-state index in [2.05, 4.69) is 21.2 Å². The first-order chi connectivity index (χ1) is 8.24. The minimum absolute atomic E-state index is 0. The molecule has 1 aromatic heterocycles. The summed E-state index contributed by atoms with van der Waals surface area (Å²) in [6.07, 6.45) is 1.15. The van der Waals surface area contributed by atoms with Gasteiger partial charge in [-0.2, -0.15) is 0 Å². The molecule has 2 fully saturated rings. The van der Waals surface area contributed by atoms with Crippen molar-refractivity contribution in [2.45, 2.75) is 6.42 Å². The standard InChI is InChI=1S/C12H15BrN2OS.ClH/c13-11-2-1-10(17-11)12(16)15-4-3-8-5-14-6-9(8)7-15;/h1-2,8-9,14H,3-7H2;1H. The highest BCUT2D eigenvalue weighted by Gasteiger charge is 2.34. The quantitative estimate of drug-likeness (QED) is 0.843. The number of piperidine rings is 1. The van der Waals surface area contributed by atoms with E-state index >= 15 is 0 Å². The summed E-state index contributed by atoms with van der Waals surface area (Å²) in [6.45, 7) is 4.04. The Morgan fingerprint density at radius 2 is 2.17 bits per heavy atom. The Bertz CT molecular complexity index is 439. The fourth-order valence-electron chi connectivity index (χ4n) is 2.80. The fourth-order valence-corrected chi connectivity index (χ4v) is 4.16. The first-order valence-corrected chi connectivity index (χ1v) is 7.60. The van der Waals surface area contributed by atoms with Crippen molar-refractivity contribution in [3.63, 3.8) is 0 Å². The van der Waals surface area contributed by atoms with E-state index in [4.69, 9.17) is 0 Å². The molecule has 2 unspecified atom stereocenters. The van der Waals surface area contributed by atoms with Gasteiger partial charge in [0.2, 0.25) is 0 Å². The van der Waals surface area contributed by atoms with Crippen LogP contribution >= 0.6 is 39.7 Å². The van der Waals surface area contributed by atoms with Crippen molar-refractivity contribution in [2.75, 3.05) is 26.2 Å². The molecule has 6 heteroatoms. The molecule has 1 amide bonds. The minimum Gasteiger partial charge on any atom is -0.338 e. The summed E-state index contributed by atoms with van der Waals surface area (Å²) in [7, 11) is 0. The third-order valence-corrected chi connectivity index (χ3v) is 5.39. The number of likely N-dealkylation sites (tertiary alicyclic amines) is 1. The number of amides is 1. The Morgan fingerprint density at radius 3 is 2.89 bits per heavy atom. The number of nitrogens with zero attached hydrogens (tertiary/aromatic N) is 1. The van der Waals surface area contributed by atoms with Crippen molar-refractivity contribution in [3.05, 3.63) is 20.8 Å². The average Bonchev–Trinajstić information content (AvgIpc) is 2.95. The number of carbonyl (C=O) groups is 1. The molecule has 18 heavy (non-hydrogen) atoms. The van der Waals surface area contributed by atoms with E-state index in [1.165, 1.54) is 11.3 Å². The summed E-state index contributed by atoms with van der Waals surface area (Å²) in [6, 6.07) is 3.86. The fraction of sp³-hybridized carbons (Fsp3) is 0.583. The van der Waals surface area contributed by atoms with Crippen molar-refractivity contribution >= 4 is 45.6 Å². The van der Waals surface area contributed by atoms with Gasteiger partial charge in [0, 0.05) is 13.1 Å². The molecule has 0 spiro atoms. The lowest BCUT2D eigenvalue weighted by atomic mass is 9.88. The maximum Gasteiger partial charge on any atom is 0.263 e. The molecule has 2 aliphatic rings. The Labute approximate surface area is 125 Å². The molecule has 3 rings (SSSR count). The second-order valence-electron chi connectivity index (χ2n) is 4.82. The van der Waals surface area contributed by atoms with Crippen LogP contribution < -0.4 is 5.32 Å². The number of hydrogen-bond acceptors (Lipinski definition) is 3. The second kappa shape index (κ2) is 5.90. The minimum atomic E-state index is 0. The van der Waals surface area contributed by atoms with Crippen LogP contribution in [0.3, 0.4) is 0 Å². The van der Waals surface area contributed by atoms with Crippen LogP contribution in [0.4, 0.5) is 0 Å². The lowest BCUT2D eigenvalue weighted by Crippen LogP contribution is -2.43. The molecule has 3 heterocycles. The molecule has 0 radical (unpaired) electrons. The van der Waals surface area contributed by atoms with Gasteiger partial charge in [-0.15, -0.1) is 23.7 Å². The van der Waals surface area contributed by atoms with Crippen LogP contribution in [-0.4, -0.2) is 37.0 Å². The normalized spacial score (nSPS) is 26.6. The molecule has 0 aromatic carbocycles. The largest absolute Gasteiger partial charge is 0.338 e. The number of fused-ring (bicyclic) bond motifs is 1. The van der Waals surface area contributed by atoms with Crippen LogP contribution in [-0.2, 0) is 0 Å². The molecule has 1 aromatic rings. The van der Waals surface area contributed by atoms with Crippen LogP contribution in [0.15, 0.2) is 15.9 Å². The summed E-state index contributed by atoms with van der Waals surface area (Å²) in [5, 5.41) is 3.42. The van der Waals surface area contributed by atoms with E-state index in [1.807, 2.05) is 17.0 Å².